The van der Waals surface area contributed by atoms with Crippen molar-refractivity contribution >= 4 is 11.7 Å². The third kappa shape index (κ3) is 3.71. The highest BCUT2D eigenvalue weighted by atomic mass is 16.2. The molecule has 1 amide bonds. The molecule has 0 radical (unpaired) electrons. The Morgan fingerprint density at radius 2 is 1.67 bits per heavy atom. The lowest BCUT2D eigenvalue weighted by Crippen LogP contribution is -2.40. The third-order valence-electron chi connectivity index (χ3n) is 4.38. The Hall–Kier alpha value is -1.65. The van der Waals surface area contributed by atoms with Crippen molar-refractivity contribution in [2.24, 2.45) is 7.05 Å². The molecule has 1 N–H and O–H groups in total. The largest absolute Gasteiger partial charge is 0.346 e. The molecule has 0 saturated heterocycles. The summed E-state index contributed by atoms with van der Waals surface area (Å²) < 4.78 is 1.64. The molecule has 21 heavy (non-hydrogen) atoms. The molecule has 116 valence electrons. The van der Waals surface area contributed by atoms with Crippen LogP contribution in [-0.4, -0.2) is 27.5 Å². The van der Waals surface area contributed by atoms with E-state index < -0.39 is 11.7 Å². The van der Waals surface area contributed by atoms with E-state index in [9.17, 15) is 9.59 Å². The molecular weight excluding hydrogens is 266 g/mol. The van der Waals surface area contributed by atoms with E-state index in [0.717, 1.165) is 31.4 Å². The van der Waals surface area contributed by atoms with Crippen LogP contribution in [0.15, 0.2) is 0 Å². The van der Waals surface area contributed by atoms with E-state index in [1.807, 2.05) is 6.92 Å². The predicted octanol–water partition coefficient (Wildman–Crippen LogP) is 2.45. The summed E-state index contributed by atoms with van der Waals surface area (Å²) in [7, 11) is 1.78. The van der Waals surface area contributed by atoms with Gasteiger partial charge in [-0.15, -0.1) is 0 Å². The highest BCUT2D eigenvalue weighted by Gasteiger charge is 2.25. The number of nitrogens with one attached hydrogen (secondary N) is 1. The van der Waals surface area contributed by atoms with Crippen molar-refractivity contribution in [3.05, 3.63) is 17.0 Å². The quantitative estimate of drug-likeness (QED) is 0.687. The van der Waals surface area contributed by atoms with Crippen LogP contribution in [0.4, 0.5) is 0 Å². The van der Waals surface area contributed by atoms with Gasteiger partial charge in [0.05, 0.1) is 11.3 Å². The maximum absolute atomic E-state index is 12.4. The number of aromatic nitrogens is 2. The summed E-state index contributed by atoms with van der Waals surface area (Å²) in [4.78, 5) is 24.6. The minimum absolute atomic E-state index is 0.138. The van der Waals surface area contributed by atoms with Crippen LogP contribution in [0.1, 0.15) is 66.7 Å². The number of rotatable bonds is 3. The molecule has 0 aliphatic heterocycles. The maximum atomic E-state index is 12.4. The van der Waals surface area contributed by atoms with Gasteiger partial charge < -0.3 is 5.32 Å². The van der Waals surface area contributed by atoms with E-state index in [2.05, 4.69) is 10.4 Å². The van der Waals surface area contributed by atoms with Gasteiger partial charge >= 0.3 is 0 Å². The molecule has 1 saturated carbocycles. The number of aryl methyl sites for hydroxylation is 2. The normalized spacial score (nSPS) is 17.1. The maximum Gasteiger partial charge on any atom is 0.292 e. The first-order valence-electron chi connectivity index (χ1n) is 7.86. The highest BCUT2D eigenvalue weighted by Crippen LogP contribution is 2.18. The summed E-state index contributed by atoms with van der Waals surface area (Å²) in [6, 6.07) is 0.138. The van der Waals surface area contributed by atoms with Crippen LogP contribution in [0.25, 0.3) is 0 Å². The Morgan fingerprint density at radius 3 is 2.19 bits per heavy atom. The van der Waals surface area contributed by atoms with Crippen molar-refractivity contribution < 1.29 is 9.59 Å². The zero-order valence-corrected chi connectivity index (χ0v) is 13.2. The van der Waals surface area contributed by atoms with Crippen LogP contribution >= 0.6 is 0 Å². The first kappa shape index (κ1) is 15.7. The van der Waals surface area contributed by atoms with Crippen molar-refractivity contribution in [1.82, 2.24) is 15.1 Å². The Bertz CT molecular complexity index is 526. The molecule has 1 aliphatic carbocycles. The molecule has 1 aromatic rings. The van der Waals surface area contributed by atoms with Gasteiger partial charge in [0.15, 0.2) is 0 Å². The van der Waals surface area contributed by atoms with Gasteiger partial charge in [0, 0.05) is 18.8 Å². The zero-order valence-electron chi connectivity index (χ0n) is 13.2. The van der Waals surface area contributed by atoms with E-state index >= 15 is 0 Å². The van der Waals surface area contributed by atoms with Crippen molar-refractivity contribution in [1.29, 1.82) is 0 Å². The molecule has 0 spiro atoms. The van der Waals surface area contributed by atoms with Crippen molar-refractivity contribution in [3.63, 3.8) is 0 Å². The van der Waals surface area contributed by atoms with E-state index in [1.54, 1.807) is 18.7 Å². The fourth-order valence-corrected chi connectivity index (χ4v) is 3.07. The number of hydrogen-bond donors (Lipinski definition) is 1. The molecule has 1 fully saturated rings. The van der Waals surface area contributed by atoms with E-state index in [1.165, 1.54) is 19.3 Å². The summed E-state index contributed by atoms with van der Waals surface area (Å²) in [5, 5.41) is 7.13. The van der Waals surface area contributed by atoms with Gasteiger partial charge in [-0.05, 0) is 26.7 Å². The number of carbonyl (C=O) groups excluding carboxylic acids is 2. The Labute approximate surface area is 126 Å². The molecule has 5 heteroatoms. The molecular formula is C16H25N3O2. The molecule has 2 rings (SSSR count). The zero-order chi connectivity index (χ0) is 15.4. The lowest BCUT2D eigenvalue weighted by Gasteiger charge is -2.20. The number of nitrogens with zero attached hydrogens (tertiary/aromatic N) is 2. The van der Waals surface area contributed by atoms with Crippen LogP contribution in [0, 0.1) is 13.8 Å². The Kier molecular flexibility index (Phi) is 5.15. The van der Waals surface area contributed by atoms with Gasteiger partial charge in [-0.25, -0.2) is 0 Å². The standard InChI is InChI=1S/C16H25N3O2/c1-11-14(12(2)19(3)18-11)15(20)16(21)17-13-9-7-5-4-6-8-10-13/h13H,4-10H2,1-3H3,(H,17,21). The summed E-state index contributed by atoms with van der Waals surface area (Å²) >= 11 is 0. The number of ketones is 1. The predicted molar refractivity (Wildman–Crippen MR) is 81.3 cm³/mol. The van der Waals surface area contributed by atoms with Crippen molar-refractivity contribution in [3.8, 4) is 0 Å². The topological polar surface area (TPSA) is 64.0 Å². The van der Waals surface area contributed by atoms with Gasteiger partial charge in [0.2, 0.25) is 0 Å². The summed E-state index contributed by atoms with van der Waals surface area (Å²) in [6.07, 6.45) is 7.94. The average Bonchev–Trinajstić information content (AvgIpc) is 2.65. The van der Waals surface area contributed by atoms with Crippen molar-refractivity contribution in [2.75, 3.05) is 0 Å². The summed E-state index contributed by atoms with van der Waals surface area (Å²) in [5.41, 5.74) is 1.80. The van der Waals surface area contributed by atoms with Gasteiger partial charge in [0.25, 0.3) is 11.7 Å². The van der Waals surface area contributed by atoms with Crippen molar-refractivity contribution in [2.45, 2.75) is 64.8 Å². The van der Waals surface area contributed by atoms with Gasteiger partial charge in [-0.3, -0.25) is 14.3 Å². The van der Waals surface area contributed by atoms with E-state index in [-0.39, 0.29) is 6.04 Å². The molecule has 1 aromatic heterocycles. The second-order valence-corrected chi connectivity index (χ2v) is 6.01. The average molecular weight is 291 g/mol. The van der Waals surface area contributed by atoms with Crippen LogP contribution in [0.5, 0.6) is 0 Å². The first-order valence-corrected chi connectivity index (χ1v) is 7.86. The fraction of sp³-hybridized carbons (Fsp3) is 0.688. The van der Waals surface area contributed by atoms with Gasteiger partial charge in [-0.2, -0.15) is 5.10 Å². The van der Waals surface area contributed by atoms with Crippen LogP contribution in [0.3, 0.4) is 0 Å². The molecule has 0 atom stereocenters. The molecule has 1 aliphatic rings. The number of amides is 1. The molecule has 0 aromatic carbocycles. The lowest BCUT2D eigenvalue weighted by atomic mass is 9.96. The summed E-state index contributed by atoms with van der Waals surface area (Å²) in [5.74, 6) is -0.945. The van der Waals surface area contributed by atoms with Crippen LogP contribution in [0.2, 0.25) is 0 Å². The monoisotopic (exact) mass is 291 g/mol. The third-order valence-corrected chi connectivity index (χ3v) is 4.38. The summed E-state index contributed by atoms with van der Waals surface area (Å²) in [6.45, 7) is 3.58. The molecule has 1 heterocycles. The second-order valence-electron chi connectivity index (χ2n) is 6.01. The fourth-order valence-electron chi connectivity index (χ4n) is 3.07. The number of Topliss-reactive ketones (excluding diaryl/α,β-unsaturated/α-hetero) is 1. The van der Waals surface area contributed by atoms with Gasteiger partial charge in [-0.1, -0.05) is 32.1 Å². The smallest absolute Gasteiger partial charge is 0.292 e. The SMILES string of the molecule is Cc1nn(C)c(C)c1C(=O)C(=O)NC1CCCCCCC1. The number of carbonyl (C=O) groups is 2. The molecule has 5 nitrogen and oxygen atoms in total. The lowest BCUT2D eigenvalue weighted by molar-refractivity contribution is -0.117. The van der Waals surface area contributed by atoms with Crippen LogP contribution in [-0.2, 0) is 11.8 Å². The van der Waals surface area contributed by atoms with E-state index in [4.69, 9.17) is 0 Å². The van der Waals surface area contributed by atoms with Gasteiger partial charge in [0.1, 0.15) is 0 Å². The first-order chi connectivity index (χ1) is 10.0. The second kappa shape index (κ2) is 6.87. The molecule has 0 unspecified atom stereocenters. The Balaban J connectivity index is 2.03. The number of hydrogen-bond acceptors (Lipinski definition) is 3. The van der Waals surface area contributed by atoms with Crippen LogP contribution < -0.4 is 5.32 Å². The minimum Gasteiger partial charge on any atom is -0.346 e. The minimum atomic E-state index is -0.486. The highest BCUT2D eigenvalue weighted by molar-refractivity contribution is 6.43. The Morgan fingerprint density at radius 1 is 1.10 bits per heavy atom. The molecule has 0 bridgehead atoms. The van der Waals surface area contributed by atoms with E-state index in [0.29, 0.717) is 11.3 Å².